The fraction of sp³-hybridized carbons (Fsp3) is 0. The molecule has 0 aliphatic rings. The summed E-state index contributed by atoms with van der Waals surface area (Å²) in [6.07, 6.45) is 1.40. The van der Waals surface area contributed by atoms with Gasteiger partial charge in [-0.15, -0.1) is 0 Å². The van der Waals surface area contributed by atoms with Gasteiger partial charge < -0.3 is 16.5 Å². The summed E-state index contributed by atoms with van der Waals surface area (Å²) in [4.78, 5) is 12.9. The SMILES string of the molecule is Nc1c[nH]c(=O)c(N)c1. The normalized spacial score (nSPS) is 9.33. The molecule has 5 N–H and O–H groups in total. The van der Waals surface area contributed by atoms with E-state index >= 15 is 0 Å². The van der Waals surface area contributed by atoms with E-state index < -0.39 is 0 Å². The highest BCUT2D eigenvalue weighted by atomic mass is 16.1. The zero-order valence-electron chi connectivity index (χ0n) is 4.72. The number of nitrogen functional groups attached to an aromatic ring is 2. The average molecular weight is 125 g/mol. The molecule has 0 aliphatic heterocycles. The number of hydrogen-bond donors (Lipinski definition) is 3. The van der Waals surface area contributed by atoms with Crippen molar-refractivity contribution in [2.24, 2.45) is 0 Å². The lowest BCUT2D eigenvalue weighted by atomic mass is 10.4. The molecule has 0 fully saturated rings. The molecule has 0 aliphatic carbocycles. The molecule has 4 nitrogen and oxygen atoms in total. The molecule has 0 unspecified atom stereocenters. The molecular formula is C5H7N3O. The van der Waals surface area contributed by atoms with Gasteiger partial charge in [-0.3, -0.25) is 4.79 Å². The average Bonchev–Trinajstić information content (AvgIpc) is 1.80. The Morgan fingerprint density at radius 2 is 2.11 bits per heavy atom. The summed E-state index contributed by atoms with van der Waals surface area (Å²) >= 11 is 0. The van der Waals surface area contributed by atoms with Crippen molar-refractivity contribution >= 4 is 11.4 Å². The summed E-state index contributed by atoms with van der Waals surface area (Å²) in [7, 11) is 0. The highest BCUT2D eigenvalue weighted by Crippen LogP contribution is 1.98. The maximum atomic E-state index is 10.5. The molecule has 48 valence electrons. The van der Waals surface area contributed by atoms with Crippen molar-refractivity contribution in [3.63, 3.8) is 0 Å². The highest BCUT2D eigenvalue weighted by molar-refractivity contribution is 5.47. The van der Waals surface area contributed by atoms with Crippen molar-refractivity contribution in [1.29, 1.82) is 0 Å². The molecule has 0 bridgehead atoms. The van der Waals surface area contributed by atoms with Gasteiger partial charge in [-0.05, 0) is 6.07 Å². The first-order valence-corrected chi connectivity index (χ1v) is 2.44. The van der Waals surface area contributed by atoms with Crippen LogP contribution in [0.5, 0.6) is 0 Å². The molecule has 0 saturated heterocycles. The van der Waals surface area contributed by atoms with Crippen LogP contribution in [0, 0.1) is 0 Å². The molecule has 4 heteroatoms. The fourth-order valence-electron chi connectivity index (χ4n) is 0.519. The molecule has 0 aromatic carbocycles. The smallest absolute Gasteiger partial charge is 0.271 e. The van der Waals surface area contributed by atoms with Gasteiger partial charge in [-0.1, -0.05) is 0 Å². The summed E-state index contributed by atoms with van der Waals surface area (Å²) < 4.78 is 0. The van der Waals surface area contributed by atoms with Gasteiger partial charge in [-0.25, -0.2) is 0 Å². The fourth-order valence-corrected chi connectivity index (χ4v) is 0.519. The first-order valence-electron chi connectivity index (χ1n) is 2.44. The van der Waals surface area contributed by atoms with Gasteiger partial charge in [0.2, 0.25) is 0 Å². The lowest BCUT2D eigenvalue weighted by molar-refractivity contribution is 1.25. The van der Waals surface area contributed by atoms with Gasteiger partial charge in [0.1, 0.15) is 0 Å². The molecule has 0 spiro atoms. The number of anilines is 2. The molecular weight excluding hydrogens is 118 g/mol. The lowest BCUT2D eigenvalue weighted by Crippen LogP contribution is -2.10. The third kappa shape index (κ3) is 1.02. The van der Waals surface area contributed by atoms with E-state index in [1.54, 1.807) is 0 Å². The number of nitrogens with one attached hydrogen (secondary N) is 1. The Hall–Kier alpha value is -1.45. The highest BCUT2D eigenvalue weighted by Gasteiger charge is 1.90. The van der Waals surface area contributed by atoms with Crippen molar-refractivity contribution in [2.75, 3.05) is 11.5 Å². The first kappa shape index (κ1) is 5.68. The number of hydrogen-bond acceptors (Lipinski definition) is 3. The first-order chi connectivity index (χ1) is 4.20. The van der Waals surface area contributed by atoms with Crippen LogP contribution in [0.3, 0.4) is 0 Å². The predicted molar refractivity (Wildman–Crippen MR) is 35.9 cm³/mol. The molecule has 0 radical (unpaired) electrons. The summed E-state index contributed by atoms with van der Waals surface area (Å²) in [5.74, 6) is 0. The number of nitrogens with two attached hydrogens (primary N) is 2. The zero-order chi connectivity index (χ0) is 6.85. The van der Waals surface area contributed by atoms with Gasteiger partial charge in [0.25, 0.3) is 5.56 Å². The summed E-state index contributed by atoms with van der Waals surface area (Å²) in [6.45, 7) is 0. The van der Waals surface area contributed by atoms with Gasteiger partial charge in [0, 0.05) is 6.20 Å². The van der Waals surface area contributed by atoms with Crippen LogP contribution in [-0.2, 0) is 0 Å². The van der Waals surface area contributed by atoms with Crippen LogP contribution in [-0.4, -0.2) is 4.98 Å². The van der Waals surface area contributed by atoms with Crippen LogP contribution in [0.1, 0.15) is 0 Å². The van der Waals surface area contributed by atoms with E-state index in [9.17, 15) is 4.79 Å². The van der Waals surface area contributed by atoms with Crippen molar-refractivity contribution in [3.05, 3.63) is 22.6 Å². The van der Waals surface area contributed by atoms with Crippen molar-refractivity contribution < 1.29 is 0 Å². The molecule has 0 saturated carbocycles. The molecule has 1 heterocycles. The van der Waals surface area contributed by atoms with Crippen LogP contribution < -0.4 is 17.0 Å². The van der Waals surface area contributed by atoms with E-state index in [0.717, 1.165) is 0 Å². The molecule has 0 atom stereocenters. The third-order valence-corrected chi connectivity index (χ3v) is 0.954. The number of pyridine rings is 1. The van der Waals surface area contributed by atoms with E-state index in [-0.39, 0.29) is 11.2 Å². The van der Waals surface area contributed by atoms with Crippen molar-refractivity contribution in [3.8, 4) is 0 Å². The molecule has 1 aromatic rings. The molecule has 1 aromatic heterocycles. The van der Waals surface area contributed by atoms with Crippen molar-refractivity contribution in [1.82, 2.24) is 4.98 Å². The van der Waals surface area contributed by atoms with Crippen LogP contribution in [0.25, 0.3) is 0 Å². The predicted octanol–water partition coefficient (Wildman–Crippen LogP) is -0.461. The number of aromatic amines is 1. The second-order valence-corrected chi connectivity index (χ2v) is 1.72. The van der Waals surface area contributed by atoms with Gasteiger partial charge in [0.05, 0.1) is 11.4 Å². The Labute approximate surface area is 51.5 Å². The minimum atomic E-state index is -0.302. The van der Waals surface area contributed by atoms with Crippen molar-refractivity contribution in [2.45, 2.75) is 0 Å². The Bertz CT molecular complexity index is 265. The second-order valence-electron chi connectivity index (χ2n) is 1.72. The van der Waals surface area contributed by atoms with E-state index in [1.807, 2.05) is 0 Å². The zero-order valence-corrected chi connectivity index (χ0v) is 4.72. The minimum Gasteiger partial charge on any atom is -0.397 e. The Balaban J connectivity index is 3.34. The summed E-state index contributed by atoms with van der Waals surface area (Å²) in [6, 6.07) is 1.42. The second kappa shape index (κ2) is 1.81. The molecule has 9 heavy (non-hydrogen) atoms. The Morgan fingerprint density at radius 1 is 1.44 bits per heavy atom. The topological polar surface area (TPSA) is 84.9 Å². The summed E-state index contributed by atoms with van der Waals surface area (Å²) in [5, 5.41) is 0. The Kier molecular flexibility index (Phi) is 1.14. The van der Waals surface area contributed by atoms with Gasteiger partial charge >= 0.3 is 0 Å². The molecule has 1 rings (SSSR count). The van der Waals surface area contributed by atoms with Crippen LogP contribution in [0.4, 0.5) is 11.4 Å². The van der Waals surface area contributed by atoms with Gasteiger partial charge in [0.15, 0.2) is 0 Å². The van der Waals surface area contributed by atoms with Crippen LogP contribution in [0.15, 0.2) is 17.1 Å². The number of aromatic nitrogens is 1. The minimum absolute atomic E-state index is 0.148. The van der Waals surface area contributed by atoms with E-state index in [1.165, 1.54) is 12.3 Å². The maximum Gasteiger partial charge on any atom is 0.271 e. The third-order valence-electron chi connectivity index (χ3n) is 0.954. The van der Waals surface area contributed by atoms with E-state index in [4.69, 9.17) is 11.5 Å². The number of rotatable bonds is 0. The maximum absolute atomic E-state index is 10.5. The standard InChI is InChI=1S/C5H7N3O/c6-3-1-4(7)5(9)8-2-3/h1-2H,6-7H2,(H,8,9). The van der Waals surface area contributed by atoms with Gasteiger partial charge in [-0.2, -0.15) is 0 Å². The number of H-pyrrole nitrogens is 1. The Morgan fingerprint density at radius 3 is 2.56 bits per heavy atom. The van der Waals surface area contributed by atoms with Crippen LogP contribution >= 0.6 is 0 Å². The van der Waals surface area contributed by atoms with E-state index in [0.29, 0.717) is 5.69 Å². The monoisotopic (exact) mass is 125 g/mol. The lowest BCUT2D eigenvalue weighted by Gasteiger charge is -1.91. The van der Waals surface area contributed by atoms with Crippen LogP contribution in [0.2, 0.25) is 0 Å². The van der Waals surface area contributed by atoms with E-state index in [2.05, 4.69) is 4.98 Å². The molecule has 0 amide bonds. The largest absolute Gasteiger partial charge is 0.397 e. The summed E-state index contributed by atoms with van der Waals surface area (Å²) in [5.41, 5.74) is 10.8. The quantitative estimate of drug-likeness (QED) is 0.438.